The Morgan fingerprint density at radius 2 is 1.52 bits per heavy atom. The average Bonchev–Trinajstić information content (AvgIpc) is 2.77. The van der Waals surface area contributed by atoms with E-state index >= 15 is 0 Å². The van der Waals surface area contributed by atoms with Crippen LogP contribution in [-0.2, 0) is 19.6 Å². The van der Waals surface area contributed by atoms with Gasteiger partial charge in [0.1, 0.15) is 10.9 Å². The SMILES string of the molecule is CCCCCCNC(=O)CC[C@H](NS(=O)(=O)c1cc(Cl)ccc1Cl)C(=O)NCCCCCC. The summed E-state index contributed by atoms with van der Waals surface area (Å²) in [5.41, 5.74) is 0. The molecular formula is C23H37Cl2N3O4S. The Kier molecular flexibility index (Phi) is 14.7. The molecule has 0 aliphatic rings. The van der Waals surface area contributed by atoms with Gasteiger partial charge in [0.2, 0.25) is 21.8 Å². The van der Waals surface area contributed by atoms with Crippen LogP contribution in [0.25, 0.3) is 0 Å². The summed E-state index contributed by atoms with van der Waals surface area (Å²) in [6.07, 6.45) is 8.13. The van der Waals surface area contributed by atoms with Crippen LogP contribution >= 0.6 is 23.2 Å². The molecule has 0 heterocycles. The molecule has 1 aromatic rings. The zero-order valence-corrected chi connectivity index (χ0v) is 21.9. The number of nitrogens with one attached hydrogen (secondary N) is 3. The van der Waals surface area contributed by atoms with E-state index in [0.29, 0.717) is 13.1 Å². The maximum atomic E-state index is 12.9. The largest absolute Gasteiger partial charge is 0.356 e. The van der Waals surface area contributed by atoms with E-state index in [-0.39, 0.29) is 33.7 Å². The number of benzene rings is 1. The van der Waals surface area contributed by atoms with Crippen molar-refractivity contribution in [1.82, 2.24) is 15.4 Å². The zero-order chi connectivity index (χ0) is 24.7. The van der Waals surface area contributed by atoms with Crippen LogP contribution < -0.4 is 15.4 Å². The number of rotatable bonds is 17. The van der Waals surface area contributed by atoms with Crippen molar-refractivity contribution in [3.8, 4) is 0 Å². The standard InChI is InChI=1S/C23H37Cl2N3O4S/c1-3-5-7-9-15-26-22(29)14-13-20(23(30)27-16-10-8-6-4-2)28-33(31,32)21-17-18(24)11-12-19(21)25/h11-12,17,20,28H,3-10,13-16H2,1-2H3,(H,26,29)(H,27,30)/t20-/m0/s1. The average molecular weight is 523 g/mol. The van der Waals surface area contributed by atoms with Crippen molar-refractivity contribution >= 4 is 45.0 Å². The molecule has 0 saturated carbocycles. The summed E-state index contributed by atoms with van der Waals surface area (Å²) < 4.78 is 28.2. The van der Waals surface area contributed by atoms with Crippen molar-refractivity contribution in [2.45, 2.75) is 89.0 Å². The van der Waals surface area contributed by atoms with Gasteiger partial charge in [0, 0.05) is 24.5 Å². The van der Waals surface area contributed by atoms with Crippen molar-refractivity contribution in [3.05, 3.63) is 28.2 Å². The Bertz CT molecular complexity index is 850. The van der Waals surface area contributed by atoms with Crippen LogP contribution in [0.1, 0.15) is 78.1 Å². The molecule has 188 valence electrons. The molecule has 0 radical (unpaired) electrons. The van der Waals surface area contributed by atoms with Crippen LogP contribution in [0.15, 0.2) is 23.1 Å². The molecule has 0 aliphatic heterocycles. The molecular weight excluding hydrogens is 485 g/mol. The number of hydrogen-bond donors (Lipinski definition) is 3. The Morgan fingerprint density at radius 1 is 0.909 bits per heavy atom. The fourth-order valence-corrected chi connectivity index (χ4v) is 5.20. The Morgan fingerprint density at radius 3 is 2.12 bits per heavy atom. The van der Waals surface area contributed by atoms with Gasteiger partial charge in [-0.2, -0.15) is 4.72 Å². The lowest BCUT2D eigenvalue weighted by atomic mass is 10.1. The van der Waals surface area contributed by atoms with Gasteiger partial charge in [-0.3, -0.25) is 9.59 Å². The summed E-state index contributed by atoms with van der Waals surface area (Å²) in [7, 11) is -4.13. The van der Waals surface area contributed by atoms with E-state index in [0.717, 1.165) is 51.4 Å². The number of sulfonamides is 1. The van der Waals surface area contributed by atoms with Crippen LogP contribution in [-0.4, -0.2) is 39.4 Å². The third-order valence-electron chi connectivity index (χ3n) is 5.14. The van der Waals surface area contributed by atoms with Crippen LogP contribution in [0.2, 0.25) is 10.0 Å². The molecule has 0 aliphatic carbocycles. The molecule has 1 rings (SSSR count). The van der Waals surface area contributed by atoms with E-state index in [2.05, 4.69) is 29.2 Å². The highest BCUT2D eigenvalue weighted by Gasteiger charge is 2.27. The number of carbonyl (C=O) groups is 2. The molecule has 7 nitrogen and oxygen atoms in total. The number of halogens is 2. The third-order valence-corrected chi connectivity index (χ3v) is 7.33. The summed E-state index contributed by atoms with van der Waals surface area (Å²) in [5, 5.41) is 5.81. The minimum absolute atomic E-state index is 0.00422. The minimum Gasteiger partial charge on any atom is -0.356 e. The first-order valence-electron chi connectivity index (χ1n) is 11.7. The fourth-order valence-electron chi connectivity index (χ4n) is 3.21. The van der Waals surface area contributed by atoms with Crippen molar-refractivity contribution in [2.75, 3.05) is 13.1 Å². The smallest absolute Gasteiger partial charge is 0.242 e. The van der Waals surface area contributed by atoms with E-state index in [1.54, 1.807) is 0 Å². The second kappa shape index (κ2) is 16.3. The Labute approximate surface area is 208 Å². The monoisotopic (exact) mass is 521 g/mol. The number of hydrogen-bond acceptors (Lipinski definition) is 4. The molecule has 3 N–H and O–H groups in total. The van der Waals surface area contributed by atoms with Gasteiger partial charge in [0.25, 0.3) is 0 Å². The maximum absolute atomic E-state index is 12.9. The summed E-state index contributed by atoms with van der Waals surface area (Å²) >= 11 is 12.0. The van der Waals surface area contributed by atoms with Gasteiger partial charge in [-0.25, -0.2) is 8.42 Å². The molecule has 0 bridgehead atoms. The minimum atomic E-state index is -4.13. The summed E-state index contributed by atoms with van der Waals surface area (Å²) in [5.74, 6) is -0.684. The van der Waals surface area contributed by atoms with Crippen molar-refractivity contribution in [2.24, 2.45) is 0 Å². The van der Waals surface area contributed by atoms with Gasteiger partial charge in [0.05, 0.1) is 5.02 Å². The fraction of sp³-hybridized carbons (Fsp3) is 0.652. The summed E-state index contributed by atoms with van der Waals surface area (Å²) in [4.78, 5) is 24.8. The first kappa shape index (κ1) is 29.7. The van der Waals surface area contributed by atoms with E-state index in [9.17, 15) is 18.0 Å². The van der Waals surface area contributed by atoms with Gasteiger partial charge in [-0.15, -0.1) is 0 Å². The molecule has 33 heavy (non-hydrogen) atoms. The normalized spacial score (nSPS) is 12.4. The number of amides is 2. The lowest BCUT2D eigenvalue weighted by Gasteiger charge is -2.19. The molecule has 0 aromatic heterocycles. The van der Waals surface area contributed by atoms with Gasteiger partial charge in [0.15, 0.2) is 0 Å². The predicted molar refractivity (Wildman–Crippen MR) is 134 cm³/mol. The van der Waals surface area contributed by atoms with Gasteiger partial charge in [-0.05, 0) is 37.5 Å². The molecule has 1 aromatic carbocycles. The van der Waals surface area contributed by atoms with Crippen molar-refractivity contribution in [1.29, 1.82) is 0 Å². The summed E-state index contributed by atoms with van der Waals surface area (Å²) in [6.45, 7) is 5.22. The first-order chi connectivity index (χ1) is 15.7. The molecule has 2 amide bonds. The predicted octanol–water partition coefficient (Wildman–Crippen LogP) is 4.81. The van der Waals surface area contributed by atoms with Crippen LogP contribution in [0.5, 0.6) is 0 Å². The highest BCUT2D eigenvalue weighted by atomic mass is 35.5. The number of unbranched alkanes of at least 4 members (excludes halogenated alkanes) is 6. The molecule has 1 atom stereocenters. The molecule has 0 spiro atoms. The quantitative estimate of drug-likeness (QED) is 0.255. The van der Waals surface area contributed by atoms with E-state index < -0.39 is 22.0 Å². The van der Waals surface area contributed by atoms with Gasteiger partial charge < -0.3 is 10.6 Å². The lowest BCUT2D eigenvalue weighted by molar-refractivity contribution is -0.123. The van der Waals surface area contributed by atoms with E-state index in [1.165, 1.54) is 18.2 Å². The highest BCUT2D eigenvalue weighted by Crippen LogP contribution is 2.25. The van der Waals surface area contributed by atoms with Crippen molar-refractivity contribution in [3.63, 3.8) is 0 Å². The van der Waals surface area contributed by atoms with Crippen LogP contribution in [0.4, 0.5) is 0 Å². The zero-order valence-electron chi connectivity index (χ0n) is 19.6. The van der Waals surface area contributed by atoms with Crippen molar-refractivity contribution < 1.29 is 18.0 Å². The Balaban J connectivity index is 2.79. The third kappa shape index (κ3) is 12.1. The Hall–Kier alpha value is -1.35. The topological polar surface area (TPSA) is 104 Å². The van der Waals surface area contributed by atoms with Crippen LogP contribution in [0, 0.1) is 0 Å². The second-order valence-electron chi connectivity index (χ2n) is 8.05. The molecule has 0 unspecified atom stereocenters. The molecule has 0 fully saturated rings. The van der Waals surface area contributed by atoms with E-state index in [4.69, 9.17) is 23.2 Å². The first-order valence-corrected chi connectivity index (χ1v) is 14.0. The highest BCUT2D eigenvalue weighted by molar-refractivity contribution is 7.89. The van der Waals surface area contributed by atoms with Gasteiger partial charge >= 0.3 is 0 Å². The van der Waals surface area contributed by atoms with E-state index in [1.807, 2.05) is 0 Å². The van der Waals surface area contributed by atoms with Crippen LogP contribution in [0.3, 0.4) is 0 Å². The lowest BCUT2D eigenvalue weighted by Crippen LogP contribution is -2.47. The number of carbonyl (C=O) groups excluding carboxylic acids is 2. The second-order valence-corrected chi connectivity index (χ2v) is 10.6. The molecule has 10 heteroatoms. The van der Waals surface area contributed by atoms with Gasteiger partial charge in [-0.1, -0.05) is 75.6 Å². The maximum Gasteiger partial charge on any atom is 0.242 e. The molecule has 0 saturated heterocycles. The summed E-state index contributed by atoms with van der Waals surface area (Å²) in [6, 6.07) is 2.98.